The molecule has 0 unspecified atom stereocenters. The molecule has 0 amide bonds. The molecule has 2 nitrogen and oxygen atoms in total. The normalized spacial score (nSPS) is 9.73. The van der Waals surface area contributed by atoms with E-state index in [1.165, 1.54) is 6.42 Å². The summed E-state index contributed by atoms with van der Waals surface area (Å²) in [4.78, 5) is 0. The SMILES string of the molecule is [CH2-]C/C=C/CCOCOCCCC.[I-].[Mg+2]. The summed E-state index contributed by atoms with van der Waals surface area (Å²) < 4.78 is 10.5. The first kappa shape index (κ1) is 21.4. The first-order valence-electron chi connectivity index (χ1n) is 5.01. The zero-order valence-electron chi connectivity index (χ0n) is 9.71. The van der Waals surface area contributed by atoms with Gasteiger partial charge in [-0.1, -0.05) is 19.4 Å². The fourth-order valence-electron chi connectivity index (χ4n) is 0.810. The van der Waals surface area contributed by atoms with E-state index < -0.39 is 0 Å². The van der Waals surface area contributed by atoms with E-state index in [4.69, 9.17) is 9.47 Å². The van der Waals surface area contributed by atoms with Crippen molar-refractivity contribution < 1.29 is 33.5 Å². The molecular weight excluding hydrogens is 315 g/mol. The van der Waals surface area contributed by atoms with Crippen LogP contribution in [0.2, 0.25) is 0 Å². The molecule has 0 radical (unpaired) electrons. The van der Waals surface area contributed by atoms with Gasteiger partial charge in [-0.15, -0.1) is 6.08 Å². The van der Waals surface area contributed by atoms with Crippen LogP contribution in [0.5, 0.6) is 0 Å². The fraction of sp³-hybridized carbons (Fsp3) is 0.727. The van der Waals surface area contributed by atoms with E-state index >= 15 is 0 Å². The summed E-state index contributed by atoms with van der Waals surface area (Å²) in [5.74, 6) is 0. The van der Waals surface area contributed by atoms with Gasteiger partial charge in [0.15, 0.2) is 0 Å². The summed E-state index contributed by atoms with van der Waals surface area (Å²) >= 11 is 0. The van der Waals surface area contributed by atoms with E-state index in [0.717, 1.165) is 32.5 Å². The van der Waals surface area contributed by atoms with Crippen LogP contribution in [-0.4, -0.2) is 43.1 Å². The van der Waals surface area contributed by atoms with Gasteiger partial charge in [-0.25, -0.2) is 0 Å². The number of halogens is 1. The van der Waals surface area contributed by atoms with E-state index in [0.29, 0.717) is 6.79 Å². The number of unbranched alkanes of at least 4 members (excludes halogenated alkanes) is 1. The van der Waals surface area contributed by atoms with Crippen molar-refractivity contribution in [2.45, 2.75) is 32.6 Å². The Kier molecular flexibility index (Phi) is 29.4. The van der Waals surface area contributed by atoms with Crippen LogP contribution in [0.15, 0.2) is 12.2 Å². The van der Waals surface area contributed by atoms with Crippen molar-refractivity contribution >= 4 is 23.1 Å². The largest absolute Gasteiger partial charge is 2.00 e. The van der Waals surface area contributed by atoms with Gasteiger partial charge in [-0.3, -0.25) is 0 Å². The van der Waals surface area contributed by atoms with Crippen LogP contribution in [0.3, 0.4) is 0 Å². The zero-order valence-corrected chi connectivity index (χ0v) is 13.3. The maximum atomic E-state index is 5.23. The Balaban J connectivity index is -0.000000720. The summed E-state index contributed by atoms with van der Waals surface area (Å²) in [5, 5.41) is 0. The van der Waals surface area contributed by atoms with Gasteiger partial charge in [0.2, 0.25) is 0 Å². The van der Waals surface area contributed by atoms with Crippen LogP contribution in [0.1, 0.15) is 32.6 Å². The first-order valence-corrected chi connectivity index (χ1v) is 5.01. The van der Waals surface area contributed by atoms with Crippen molar-refractivity contribution in [3.05, 3.63) is 19.1 Å². The molecule has 0 rings (SSSR count). The van der Waals surface area contributed by atoms with E-state index in [9.17, 15) is 0 Å². The second kappa shape index (κ2) is 20.6. The first-order chi connectivity index (χ1) is 6.41. The van der Waals surface area contributed by atoms with Gasteiger partial charge in [-0.2, -0.15) is 6.42 Å². The Bertz CT molecular complexity index is 121. The third-order valence-corrected chi connectivity index (χ3v) is 1.57. The predicted octanol–water partition coefficient (Wildman–Crippen LogP) is -0.429. The maximum Gasteiger partial charge on any atom is 2.00 e. The van der Waals surface area contributed by atoms with Gasteiger partial charge in [0, 0.05) is 6.61 Å². The average Bonchev–Trinajstić information content (AvgIpc) is 2.16. The van der Waals surface area contributed by atoms with Gasteiger partial charge in [0.1, 0.15) is 6.79 Å². The summed E-state index contributed by atoms with van der Waals surface area (Å²) in [6, 6.07) is 0. The molecule has 0 aromatic heterocycles. The number of rotatable bonds is 9. The zero-order chi connectivity index (χ0) is 9.78. The number of hydrogen-bond acceptors (Lipinski definition) is 2. The Labute approximate surface area is 127 Å². The molecule has 0 spiro atoms. The van der Waals surface area contributed by atoms with Crippen LogP contribution in [0.4, 0.5) is 0 Å². The van der Waals surface area contributed by atoms with E-state index in [-0.39, 0.29) is 47.0 Å². The third kappa shape index (κ3) is 21.1. The molecule has 86 valence electrons. The Hall–Kier alpha value is 1.16. The molecule has 0 bridgehead atoms. The van der Waals surface area contributed by atoms with Crippen molar-refractivity contribution in [2.24, 2.45) is 0 Å². The molecule has 0 saturated carbocycles. The molecule has 0 aliphatic carbocycles. The average molecular weight is 336 g/mol. The van der Waals surface area contributed by atoms with Crippen molar-refractivity contribution in [1.29, 1.82) is 0 Å². The number of ether oxygens (including phenoxy) is 2. The van der Waals surface area contributed by atoms with E-state index in [1.807, 2.05) is 6.08 Å². The molecule has 0 aliphatic heterocycles. The van der Waals surface area contributed by atoms with Crippen LogP contribution in [-0.2, 0) is 9.47 Å². The summed E-state index contributed by atoms with van der Waals surface area (Å²) in [6.07, 6.45) is 8.22. The van der Waals surface area contributed by atoms with E-state index in [1.54, 1.807) is 0 Å². The van der Waals surface area contributed by atoms with Gasteiger partial charge in [0.25, 0.3) is 0 Å². The number of allylic oxidation sites excluding steroid dienone is 1. The van der Waals surface area contributed by atoms with Crippen LogP contribution < -0.4 is 24.0 Å². The summed E-state index contributed by atoms with van der Waals surface area (Å²) in [7, 11) is 0. The topological polar surface area (TPSA) is 18.5 Å². The molecule has 0 saturated heterocycles. The van der Waals surface area contributed by atoms with Crippen LogP contribution in [0, 0.1) is 6.92 Å². The molecular formula is C11H21IMgO2. The fourth-order valence-corrected chi connectivity index (χ4v) is 0.810. The maximum absolute atomic E-state index is 5.23. The molecule has 0 aromatic carbocycles. The molecule has 0 N–H and O–H groups in total. The Morgan fingerprint density at radius 1 is 1.13 bits per heavy atom. The van der Waals surface area contributed by atoms with Crippen LogP contribution >= 0.6 is 0 Å². The van der Waals surface area contributed by atoms with Gasteiger partial charge < -0.3 is 40.4 Å². The summed E-state index contributed by atoms with van der Waals surface area (Å²) in [5.41, 5.74) is 0. The smallest absolute Gasteiger partial charge is 1.00 e. The molecule has 0 fully saturated rings. The molecule has 0 aliphatic rings. The van der Waals surface area contributed by atoms with Crippen molar-refractivity contribution in [3.8, 4) is 0 Å². The standard InChI is InChI=1S/C11H21O2.HI.Mg/c1-3-5-7-8-10-13-11-12-9-6-4-2;;/h5,7H,1,3-4,6,8-11H2,2H3;1H;/q-1;;+2/p-1/b7-5+;;. The number of hydrogen-bond donors (Lipinski definition) is 0. The third-order valence-electron chi connectivity index (χ3n) is 1.57. The minimum atomic E-state index is 0. The van der Waals surface area contributed by atoms with Crippen molar-refractivity contribution in [2.75, 3.05) is 20.0 Å². The van der Waals surface area contributed by atoms with Gasteiger partial charge in [0.05, 0.1) is 6.61 Å². The molecule has 0 atom stereocenters. The monoisotopic (exact) mass is 336 g/mol. The van der Waals surface area contributed by atoms with Gasteiger partial charge in [-0.05, 0) is 12.8 Å². The summed E-state index contributed by atoms with van der Waals surface area (Å²) in [6.45, 7) is 7.83. The molecule has 0 heterocycles. The minimum absolute atomic E-state index is 0. The second-order valence-electron chi connectivity index (χ2n) is 2.84. The Morgan fingerprint density at radius 3 is 2.40 bits per heavy atom. The van der Waals surface area contributed by atoms with Crippen LogP contribution in [0.25, 0.3) is 0 Å². The molecule has 15 heavy (non-hydrogen) atoms. The Morgan fingerprint density at radius 2 is 1.80 bits per heavy atom. The van der Waals surface area contributed by atoms with Crippen molar-refractivity contribution in [3.63, 3.8) is 0 Å². The minimum Gasteiger partial charge on any atom is -1.00 e. The quantitative estimate of drug-likeness (QED) is 0.142. The van der Waals surface area contributed by atoms with E-state index in [2.05, 4.69) is 19.9 Å². The molecule has 0 aromatic rings. The molecule has 4 heteroatoms. The van der Waals surface area contributed by atoms with Crippen molar-refractivity contribution in [1.82, 2.24) is 0 Å². The second-order valence-corrected chi connectivity index (χ2v) is 2.84. The van der Waals surface area contributed by atoms with Gasteiger partial charge >= 0.3 is 23.1 Å². The predicted molar refractivity (Wildman–Crippen MR) is 61.2 cm³/mol.